The van der Waals surface area contributed by atoms with Crippen LogP contribution in [0.25, 0.3) is 0 Å². The molecule has 0 saturated carbocycles. The number of nitrogens with two attached hydrogens (primary N) is 1. The lowest BCUT2D eigenvalue weighted by atomic mass is 9.77. The maximum absolute atomic E-state index is 6.18. The van der Waals surface area contributed by atoms with Crippen LogP contribution in [-0.2, 0) is 4.74 Å². The summed E-state index contributed by atoms with van der Waals surface area (Å²) in [5, 5.41) is 0. The Hall–Kier alpha value is 0.230. The standard InChI is InChI=1S/C15H32N2OS/c1-6-14(3)11-15(12-16,8-9-18-14)17(4)13(2)7-10-19-5/h13H,6-12,16H2,1-5H3. The van der Waals surface area contributed by atoms with Gasteiger partial charge < -0.3 is 10.5 Å². The second-order valence-corrected chi connectivity index (χ2v) is 7.23. The summed E-state index contributed by atoms with van der Waals surface area (Å²) in [6.07, 6.45) is 6.56. The molecule has 0 aromatic rings. The van der Waals surface area contributed by atoms with E-state index in [1.165, 1.54) is 12.2 Å². The van der Waals surface area contributed by atoms with E-state index >= 15 is 0 Å². The van der Waals surface area contributed by atoms with Crippen molar-refractivity contribution in [2.75, 3.05) is 32.2 Å². The fourth-order valence-electron chi connectivity index (χ4n) is 3.12. The quantitative estimate of drug-likeness (QED) is 0.782. The summed E-state index contributed by atoms with van der Waals surface area (Å²) in [6.45, 7) is 8.33. The lowest BCUT2D eigenvalue weighted by Gasteiger charge is -2.52. The SMILES string of the molecule is CCC1(C)CC(CN)(N(C)C(C)CCSC)CCO1. The normalized spacial score (nSPS) is 33.6. The van der Waals surface area contributed by atoms with E-state index in [4.69, 9.17) is 10.5 Å². The van der Waals surface area contributed by atoms with Crippen LogP contribution in [0.1, 0.15) is 46.5 Å². The molecule has 0 aromatic heterocycles. The summed E-state index contributed by atoms with van der Waals surface area (Å²) in [6, 6.07) is 0.579. The molecule has 1 aliphatic rings. The van der Waals surface area contributed by atoms with Crippen LogP contribution in [0.15, 0.2) is 0 Å². The van der Waals surface area contributed by atoms with Crippen molar-refractivity contribution < 1.29 is 4.74 Å². The Morgan fingerprint density at radius 1 is 1.47 bits per heavy atom. The minimum Gasteiger partial charge on any atom is -0.375 e. The fourth-order valence-corrected chi connectivity index (χ4v) is 3.70. The van der Waals surface area contributed by atoms with Crippen molar-refractivity contribution in [2.45, 2.75) is 63.6 Å². The summed E-state index contributed by atoms with van der Waals surface area (Å²) in [5.41, 5.74) is 6.28. The molecule has 0 bridgehead atoms. The van der Waals surface area contributed by atoms with E-state index in [9.17, 15) is 0 Å². The number of nitrogens with zero attached hydrogens (tertiary/aromatic N) is 1. The van der Waals surface area contributed by atoms with Crippen LogP contribution >= 0.6 is 11.8 Å². The molecule has 3 nitrogen and oxygen atoms in total. The molecule has 19 heavy (non-hydrogen) atoms. The Balaban J connectivity index is 2.78. The molecule has 0 amide bonds. The minimum absolute atomic E-state index is 0.00882. The van der Waals surface area contributed by atoms with Crippen molar-refractivity contribution in [1.29, 1.82) is 0 Å². The molecular weight excluding hydrogens is 256 g/mol. The molecular formula is C15H32N2OS. The molecule has 3 atom stereocenters. The molecule has 2 N–H and O–H groups in total. The molecule has 0 aliphatic carbocycles. The second kappa shape index (κ2) is 7.30. The number of likely N-dealkylation sites (N-methyl/N-ethyl adjacent to an activating group) is 1. The lowest BCUT2D eigenvalue weighted by Crippen LogP contribution is -2.61. The van der Waals surface area contributed by atoms with Crippen LogP contribution in [0.5, 0.6) is 0 Å². The third-order valence-electron chi connectivity index (χ3n) is 5.00. The fraction of sp³-hybridized carbons (Fsp3) is 1.00. The summed E-state index contributed by atoms with van der Waals surface area (Å²) < 4.78 is 6.00. The van der Waals surface area contributed by atoms with Gasteiger partial charge in [0.2, 0.25) is 0 Å². The van der Waals surface area contributed by atoms with Gasteiger partial charge in [0.05, 0.1) is 5.60 Å². The zero-order chi connectivity index (χ0) is 14.5. The molecule has 1 heterocycles. The van der Waals surface area contributed by atoms with Gasteiger partial charge in [-0.3, -0.25) is 4.90 Å². The molecule has 3 unspecified atom stereocenters. The average Bonchev–Trinajstić information content (AvgIpc) is 2.43. The van der Waals surface area contributed by atoms with Gasteiger partial charge in [-0.2, -0.15) is 11.8 Å². The monoisotopic (exact) mass is 288 g/mol. The van der Waals surface area contributed by atoms with Crippen LogP contribution in [0.4, 0.5) is 0 Å². The van der Waals surface area contributed by atoms with Gasteiger partial charge in [0.1, 0.15) is 0 Å². The van der Waals surface area contributed by atoms with E-state index in [0.29, 0.717) is 6.04 Å². The smallest absolute Gasteiger partial charge is 0.0670 e. The molecule has 1 aliphatic heterocycles. The Morgan fingerprint density at radius 2 is 2.16 bits per heavy atom. The van der Waals surface area contributed by atoms with E-state index in [2.05, 4.69) is 39.0 Å². The van der Waals surface area contributed by atoms with Gasteiger partial charge in [0, 0.05) is 24.7 Å². The predicted octanol–water partition coefficient (Wildman–Crippen LogP) is 2.74. The topological polar surface area (TPSA) is 38.5 Å². The highest BCUT2D eigenvalue weighted by molar-refractivity contribution is 7.98. The van der Waals surface area contributed by atoms with Crippen LogP contribution < -0.4 is 5.73 Å². The van der Waals surface area contributed by atoms with Crippen molar-refractivity contribution in [3.05, 3.63) is 0 Å². The first kappa shape index (κ1) is 17.3. The molecule has 1 fully saturated rings. The first-order valence-electron chi connectivity index (χ1n) is 7.49. The van der Waals surface area contributed by atoms with Crippen molar-refractivity contribution in [2.24, 2.45) is 5.73 Å². The lowest BCUT2D eigenvalue weighted by molar-refractivity contribution is -0.130. The van der Waals surface area contributed by atoms with Gasteiger partial charge in [-0.25, -0.2) is 0 Å². The van der Waals surface area contributed by atoms with E-state index in [-0.39, 0.29) is 11.1 Å². The van der Waals surface area contributed by atoms with Crippen molar-refractivity contribution in [3.63, 3.8) is 0 Å². The van der Waals surface area contributed by atoms with Crippen molar-refractivity contribution in [3.8, 4) is 0 Å². The number of hydrogen-bond acceptors (Lipinski definition) is 4. The maximum atomic E-state index is 6.18. The Labute approximate surface area is 123 Å². The second-order valence-electron chi connectivity index (χ2n) is 6.25. The Kier molecular flexibility index (Phi) is 6.64. The summed E-state index contributed by atoms with van der Waals surface area (Å²) in [7, 11) is 2.25. The summed E-state index contributed by atoms with van der Waals surface area (Å²) in [4.78, 5) is 2.53. The molecule has 1 rings (SSSR count). The van der Waals surface area contributed by atoms with Crippen LogP contribution in [-0.4, -0.2) is 54.3 Å². The maximum Gasteiger partial charge on any atom is 0.0670 e. The first-order valence-corrected chi connectivity index (χ1v) is 8.88. The highest BCUT2D eigenvalue weighted by Crippen LogP contribution is 2.38. The van der Waals surface area contributed by atoms with E-state index in [1.54, 1.807) is 0 Å². The van der Waals surface area contributed by atoms with E-state index < -0.39 is 0 Å². The van der Waals surface area contributed by atoms with Gasteiger partial charge in [0.25, 0.3) is 0 Å². The van der Waals surface area contributed by atoms with Crippen LogP contribution in [0.2, 0.25) is 0 Å². The number of rotatable bonds is 7. The summed E-state index contributed by atoms with van der Waals surface area (Å²) >= 11 is 1.92. The highest BCUT2D eigenvalue weighted by atomic mass is 32.2. The van der Waals surface area contributed by atoms with E-state index in [1.807, 2.05) is 11.8 Å². The molecule has 1 saturated heterocycles. The first-order chi connectivity index (χ1) is 8.93. The van der Waals surface area contributed by atoms with Gasteiger partial charge in [-0.1, -0.05) is 6.92 Å². The molecule has 0 radical (unpaired) electrons. The van der Waals surface area contributed by atoms with Crippen molar-refractivity contribution in [1.82, 2.24) is 4.90 Å². The Bertz CT molecular complexity index is 277. The van der Waals surface area contributed by atoms with Gasteiger partial charge in [-0.05, 0) is 58.6 Å². The number of hydrogen-bond donors (Lipinski definition) is 1. The zero-order valence-electron chi connectivity index (χ0n) is 13.4. The number of ether oxygens (including phenoxy) is 1. The third-order valence-corrected chi connectivity index (χ3v) is 5.64. The highest BCUT2D eigenvalue weighted by Gasteiger charge is 2.45. The molecule has 114 valence electrons. The van der Waals surface area contributed by atoms with E-state index in [0.717, 1.165) is 32.4 Å². The van der Waals surface area contributed by atoms with Crippen LogP contribution in [0.3, 0.4) is 0 Å². The molecule has 4 heteroatoms. The molecule has 0 spiro atoms. The van der Waals surface area contributed by atoms with Crippen LogP contribution in [0, 0.1) is 0 Å². The summed E-state index contributed by atoms with van der Waals surface area (Å²) in [5.74, 6) is 1.22. The Morgan fingerprint density at radius 3 is 2.68 bits per heavy atom. The predicted molar refractivity (Wildman–Crippen MR) is 85.9 cm³/mol. The van der Waals surface area contributed by atoms with Crippen molar-refractivity contribution >= 4 is 11.8 Å². The van der Waals surface area contributed by atoms with Gasteiger partial charge in [0.15, 0.2) is 0 Å². The average molecular weight is 289 g/mol. The molecule has 0 aromatic carbocycles. The minimum atomic E-state index is -0.00882. The van der Waals surface area contributed by atoms with Gasteiger partial charge >= 0.3 is 0 Å². The van der Waals surface area contributed by atoms with Gasteiger partial charge in [-0.15, -0.1) is 0 Å². The zero-order valence-corrected chi connectivity index (χ0v) is 14.2. The third kappa shape index (κ3) is 4.10. The number of thioether (sulfide) groups is 1. The largest absolute Gasteiger partial charge is 0.375 e.